The zero-order valence-corrected chi connectivity index (χ0v) is 17.1. The van der Waals surface area contributed by atoms with Crippen LogP contribution in [0.5, 0.6) is 0 Å². The van der Waals surface area contributed by atoms with Gasteiger partial charge in [0.2, 0.25) is 11.8 Å². The molecule has 0 radical (unpaired) electrons. The summed E-state index contributed by atoms with van der Waals surface area (Å²) in [6.45, 7) is 3.65. The number of carbonyl (C=O) groups excluding carboxylic acids is 3. The summed E-state index contributed by atoms with van der Waals surface area (Å²) in [6, 6.07) is 7.42. The van der Waals surface area contributed by atoms with Crippen molar-refractivity contribution in [3.05, 3.63) is 29.8 Å². The molecule has 0 unspecified atom stereocenters. The Bertz CT molecular complexity index is 762. The van der Waals surface area contributed by atoms with E-state index in [0.29, 0.717) is 31.6 Å². The lowest BCUT2D eigenvalue weighted by atomic mass is 9.94. The highest BCUT2D eigenvalue weighted by atomic mass is 16.2. The minimum Gasteiger partial charge on any atom is -0.342 e. The summed E-state index contributed by atoms with van der Waals surface area (Å²) in [7, 11) is 0. The van der Waals surface area contributed by atoms with Crippen LogP contribution in [0, 0.1) is 5.92 Å². The van der Waals surface area contributed by atoms with Gasteiger partial charge in [-0.25, -0.2) is 0 Å². The first-order chi connectivity index (χ1) is 14.1. The van der Waals surface area contributed by atoms with Crippen molar-refractivity contribution in [2.24, 2.45) is 5.92 Å². The van der Waals surface area contributed by atoms with E-state index in [2.05, 4.69) is 0 Å². The molecule has 0 bridgehead atoms. The van der Waals surface area contributed by atoms with Gasteiger partial charge in [0.1, 0.15) is 0 Å². The monoisotopic (exact) mass is 397 g/mol. The van der Waals surface area contributed by atoms with E-state index >= 15 is 0 Å². The molecule has 1 aromatic rings. The minimum absolute atomic E-state index is 0.0269. The van der Waals surface area contributed by atoms with E-state index in [-0.39, 0.29) is 23.6 Å². The molecular formula is C23H31N3O3. The zero-order chi connectivity index (χ0) is 20.2. The Balaban J connectivity index is 1.39. The lowest BCUT2D eigenvalue weighted by Crippen LogP contribution is -2.45. The quantitative estimate of drug-likeness (QED) is 0.788. The second kappa shape index (κ2) is 8.97. The third kappa shape index (κ3) is 4.31. The first kappa shape index (κ1) is 19.9. The Labute approximate surface area is 172 Å². The summed E-state index contributed by atoms with van der Waals surface area (Å²) in [5.74, 6) is 0.377. The van der Waals surface area contributed by atoms with Crippen molar-refractivity contribution in [2.45, 2.75) is 51.4 Å². The number of carbonyl (C=O) groups is 3. The maximum absolute atomic E-state index is 13.2. The lowest BCUT2D eigenvalue weighted by Gasteiger charge is -2.34. The highest BCUT2D eigenvalue weighted by molar-refractivity contribution is 6.05. The van der Waals surface area contributed by atoms with Gasteiger partial charge in [0, 0.05) is 45.1 Å². The van der Waals surface area contributed by atoms with E-state index in [1.807, 2.05) is 34.1 Å². The number of amides is 3. The van der Waals surface area contributed by atoms with E-state index in [1.54, 1.807) is 4.90 Å². The van der Waals surface area contributed by atoms with Gasteiger partial charge in [-0.3, -0.25) is 14.4 Å². The van der Waals surface area contributed by atoms with E-state index in [9.17, 15) is 14.4 Å². The largest absolute Gasteiger partial charge is 0.342 e. The highest BCUT2D eigenvalue weighted by Crippen LogP contribution is 2.28. The number of anilines is 1. The molecule has 29 heavy (non-hydrogen) atoms. The van der Waals surface area contributed by atoms with Crippen LogP contribution in [0.3, 0.4) is 0 Å². The van der Waals surface area contributed by atoms with Crippen LogP contribution in [-0.2, 0) is 9.59 Å². The van der Waals surface area contributed by atoms with Gasteiger partial charge in [-0.15, -0.1) is 0 Å². The summed E-state index contributed by atoms with van der Waals surface area (Å²) in [4.78, 5) is 43.9. The predicted octanol–water partition coefficient (Wildman–Crippen LogP) is 3.07. The molecule has 0 N–H and O–H groups in total. The summed E-state index contributed by atoms with van der Waals surface area (Å²) in [6.07, 6.45) is 7.49. The molecule has 1 aromatic carbocycles. The number of nitrogens with zero attached hydrogens (tertiary/aromatic N) is 3. The Morgan fingerprint density at radius 3 is 2.14 bits per heavy atom. The van der Waals surface area contributed by atoms with Crippen molar-refractivity contribution in [1.29, 1.82) is 0 Å². The minimum atomic E-state index is -0.0269. The Morgan fingerprint density at radius 1 is 0.793 bits per heavy atom. The van der Waals surface area contributed by atoms with Crippen molar-refractivity contribution in [3.63, 3.8) is 0 Å². The fraction of sp³-hybridized carbons (Fsp3) is 0.609. The van der Waals surface area contributed by atoms with Gasteiger partial charge in [0.05, 0.1) is 11.3 Å². The molecule has 3 heterocycles. The third-order valence-electron chi connectivity index (χ3n) is 6.55. The molecule has 0 aromatic heterocycles. The van der Waals surface area contributed by atoms with Gasteiger partial charge >= 0.3 is 0 Å². The Morgan fingerprint density at radius 2 is 1.48 bits per heavy atom. The van der Waals surface area contributed by atoms with Gasteiger partial charge in [-0.1, -0.05) is 25.0 Å². The van der Waals surface area contributed by atoms with E-state index < -0.39 is 0 Å². The van der Waals surface area contributed by atoms with Crippen LogP contribution in [0.1, 0.15) is 61.7 Å². The predicted molar refractivity (Wildman–Crippen MR) is 112 cm³/mol. The maximum atomic E-state index is 13.2. The second-order valence-corrected chi connectivity index (χ2v) is 8.47. The number of hydrogen-bond donors (Lipinski definition) is 0. The molecule has 3 saturated heterocycles. The third-order valence-corrected chi connectivity index (χ3v) is 6.55. The molecule has 3 aliphatic heterocycles. The number of hydrogen-bond acceptors (Lipinski definition) is 3. The fourth-order valence-electron chi connectivity index (χ4n) is 4.84. The number of rotatable bonds is 3. The maximum Gasteiger partial charge on any atom is 0.255 e. The number of para-hydroxylation sites is 1. The topological polar surface area (TPSA) is 60.9 Å². The second-order valence-electron chi connectivity index (χ2n) is 8.47. The van der Waals surface area contributed by atoms with Crippen molar-refractivity contribution in [1.82, 2.24) is 9.80 Å². The molecule has 0 saturated carbocycles. The summed E-state index contributed by atoms with van der Waals surface area (Å²) < 4.78 is 0. The highest BCUT2D eigenvalue weighted by Gasteiger charge is 2.32. The average molecular weight is 398 g/mol. The fourth-order valence-corrected chi connectivity index (χ4v) is 4.84. The molecule has 3 fully saturated rings. The molecule has 6 heteroatoms. The molecule has 0 atom stereocenters. The molecule has 4 rings (SSSR count). The van der Waals surface area contributed by atoms with Crippen molar-refractivity contribution >= 4 is 23.4 Å². The van der Waals surface area contributed by atoms with Gasteiger partial charge in [0.15, 0.2) is 0 Å². The van der Waals surface area contributed by atoms with Crippen LogP contribution in [0.4, 0.5) is 5.69 Å². The van der Waals surface area contributed by atoms with Crippen molar-refractivity contribution < 1.29 is 14.4 Å². The number of benzene rings is 1. The smallest absolute Gasteiger partial charge is 0.255 e. The first-order valence-electron chi connectivity index (χ1n) is 11.1. The van der Waals surface area contributed by atoms with Crippen LogP contribution in [0.2, 0.25) is 0 Å². The van der Waals surface area contributed by atoms with Crippen LogP contribution in [0.25, 0.3) is 0 Å². The first-order valence-corrected chi connectivity index (χ1v) is 11.1. The Hall–Kier alpha value is -2.37. The van der Waals surface area contributed by atoms with E-state index in [1.165, 1.54) is 12.8 Å². The molecular weight excluding hydrogens is 366 g/mol. The number of likely N-dealkylation sites (tertiary alicyclic amines) is 2. The SMILES string of the molecule is O=C(c1ccccc1N1CCCC1=O)N1CCC(C(=O)N2CCCCCC2)CC1. The van der Waals surface area contributed by atoms with Crippen LogP contribution >= 0.6 is 0 Å². The molecule has 6 nitrogen and oxygen atoms in total. The van der Waals surface area contributed by atoms with Crippen molar-refractivity contribution in [3.8, 4) is 0 Å². The van der Waals surface area contributed by atoms with Crippen LogP contribution in [-0.4, -0.2) is 60.2 Å². The van der Waals surface area contributed by atoms with E-state index in [4.69, 9.17) is 0 Å². The molecule has 0 aliphatic carbocycles. The van der Waals surface area contributed by atoms with Gasteiger partial charge < -0.3 is 14.7 Å². The molecule has 0 spiro atoms. The molecule has 3 amide bonds. The lowest BCUT2D eigenvalue weighted by molar-refractivity contribution is -0.136. The van der Waals surface area contributed by atoms with E-state index in [0.717, 1.165) is 50.9 Å². The van der Waals surface area contributed by atoms with Gasteiger partial charge in [-0.2, -0.15) is 0 Å². The van der Waals surface area contributed by atoms with Crippen LogP contribution < -0.4 is 4.90 Å². The standard InChI is InChI=1S/C23H31N3O3/c27-21-10-7-15-26(21)20-9-4-3-8-19(20)23(29)25-16-11-18(12-17-25)22(28)24-13-5-1-2-6-14-24/h3-4,8-9,18H,1-2,5-7,10-17H2. The summed E-state index contributed by atoms with van der Waals surface area (Å²) in [5, 5.41) is 0. The normalized spacial score (nSPS) is 21.4. The summed E-state index contributed by atoms with van der Waals surface area (Å²) >= 11 is 0. The average Bonchev–Trinajstić information content (AvgIpc) is 3.01. The molecule has 156 valence electrons. The van der Waals surface area contributed by atoms with Crippen molar-refractivity contribution in [2.75, 3.05) is 37.6 Å². The number of piperidine rings is 1. The van der Waals surface area contributed by atoms with Gasteiger partial charge in [-0.05, 0) is 44.2 Å². The van der Waals surface area contributed by atoms with Crippen LogP contribution in [0.15, 0.2) is 24.3 Å². The zero-order valence-electron chi connectivity index (χ0n) is 17.1. The molecule has 3 aliphatic rings. The van der Waals surface area contributed by atoms with Gasteiger partial charge in [0.25, 0.3) is 5.91 Å². The summed E-state index contributed by atoms with van der Waals surface area (Å²) in [5.41, 5.74) is 1.32. The Kier molecular flexibility index (Phi) is 6.16.